The summed E-state index contributed by atoms with van der Waals surface area (Å²) in [6.07, 6.45) is 0.527. The topological polar surface area (TPSA) is 41.6 Å². The van der Waals surface area contributed by atoms with E-state index in [-0.39, 0.29) is 6.09 Å². The largest absolute Gasteiger partial charge is 0.444 e. The van der Waals surface area contributed by atoms with Crippen LogP contribution >= 0.6 is 23.2 Å². The summed E-state index contributed by atoms with van der Waals surface area (Å²) in [5.74, 6) is 0. The number of carbonyl (C=O) groups is 1. The van der Waals surface area contributed by atoms with Gasteiger partial charge in [0.05, 0.1) is 10.0 Å². The van der Waals surface area contributed by atoms with Crippen molar-refractivity contribution in [2.45, 2.75) is 39.3 Å². The third-order valence-corrected chi connectivity index (χ3v) is 3.76. The summed E-state index contributed by atoms with van der Waals surface area (Å²) in [6.45, 7) is 7.62. The molecule has 1 rings (SSSR count). The minimum Gasteiger partial charge on any atom is -0.444 e. The molecule has 0 unspecified atom stereocenters. The summed E-state index contributed by atoms with van der Waals surface area (Å²) in [6, 6.07) is 5.58. The Morgan fingerprint density at radius 3 is 2.64 bits per heavy atom. The highest BCUT2D eigenvalue weighted by Crippen LogP contribution is 2.25. The fraction of sp³-hybridized carbons (Fsp3) is 0.562. The molecule has 4 nitrogen and oxygen atoms in total. The Bertz CT molecular complexity index is 501. The Hall–Kier alpha value is -0.970. The fourth-order valence-electron chi connectivity index (χ4n) is 1.78. The molecule has 1 aromatic carbocycles. The van der Waals surface area contributed by atoms with Gasteiger partial charge in [-0.1, -0.05) is 35.3 Å². The molecule has 0 aliphatic carbocycles. The van der Waals surface area contributed by atoms with E-state index in [4.69, 9.17) is 27.9 Å². The molecule has 0 bridgehead atoms. The van der Waals surface area contributed by atoms with E-state index in [0.29, 0.717) is 23.1 Å². The van der Waals surface area contributed by atoms with Crippen LogP contribution in [-0.4, -0.2) is 36.7 Å². The second-order valence-corrected chi connectivity index (χ2v) is 6.93. The van der Waals surface area contributed by atoms with Gasteiger partial charge >= 0.3 is 6.09 Å². The van der Waals surface area contributed by atoms with Crippen molar-refractivity contribution in [1.29, 1.82) is 0 Å². The summed E-state index contributed by atoms with van der Waals surface area (Å²) in [7, 11) is 1.74. The number of amides is 1. The molecular weight excluding hydrogens is 323 g/mol. The fourth-order valence-corrected chi connectivity index (χ4v) is 2.17. The lowest BCUT2D eigenvalue weighted by molar-refractivity contribution is 0.0297. The van der Waals surface area contributed by atoms with Crippen LogP contribution in [-0.2, 0) is 11.3 Å². The maximum atomic E-state index is 11.8. The number of nitrogens with one attached hydrogen (secondary N) is 1. The molecule has 0 saturated carbocycles. The summed E-state index contributed by atoms with van der Waals surface area (Å²) < 4.78 is 5.29. The van der Waals surface area contributed by atoms with Crippen LogP contribution in [0.2, 0.25) is 10.0 Å². The molecule has 1 N–H and O–H groups in total. The number of ether oxygens (including phenoxy) is 1. The van der Waals surface area contributed by atoms with Gasteiger partial charge in [-0.3, -0.25) is 0 Å². The molecule has 0 aliphatic heterocycles. The molecule has 0 saturated heterocycles. The first-order chi connectivity index (χ1) is 10.2. The van der Waals surface area contributed by atoms with Gasteiger partial charge < -0.3 is 15.0 Å². The molecule has 0 aliphatic rings. The first-order valence-electron chi connectivity index (χ1n) is 7.28. The van der Waals surface area contributed by atoms with Gasteiger partial charge in [-0.05, 0) is 45.4 Å². The molecule has 0 atom stereocenters. The van der Waals surface area contributed by atoms with E-state index in [2.05, 4.69) is 5.32 Å². The third kappa shape index (κ3) is 6.86. The van der Waals surface area contributed by atoms with E-state index >= 15 is 0 Å². The second kappa shape index (κ2) is 8.61. The number of hydrogen-bond acceptors (Lipinski definition) is 3. The quantitative estimate of drug-likeness (QED) is 0.779. The average molecular weight is 347 g/mol. The van der Waals surface area contributed by atoms with Gasteiger partial charge in [0.25, 0.3) is 0 Å². The number of benzene rings is 1. The highest BCUT2D eigenvalue weighted by atomic mass is 35.5. The molecule has 22 heavy (non-hydrogen) atoms. The number of hydrogen-bond donors (Lipinski definition) is 1. The molecule has 1 amide bonds. The molecule has 0 heterocycles. The molecule has 0 spiro atoms. The first kappa shape index (κ1) is 19.1. The van der Waals surface area contributed by atoms with E-state index in [1.165, 1.54) is 0 Å². The van der Waals surface area contributed by atoms with E-state index in [0.717, 1.165) is 18.5 Å². The van der Waals surface area contributed by atoms with Crippen molar-refractivity contribution >= 4 is 29.3 Å². The molecule has 124 valence electrons. The molecular formula is C16H24Cl2N2O2. The lowest BCUT2D eigenvalue weighted by Gasteiger charge is -2.24. The van der Waals surface area contributed by atoms with E-state index in [1.54, 1.807) is 18.0 Å². The maximum absolute atomic E-state index is 11.8. The van der Waals surface area contributed by atoms with Crippen molar-refractivity contribution in [1.82, 2.24) is 10.2 Å². The van der Waals surface area contributed by atoms with Crippen LogP contribution in [0.5, 0.6) is 0 Å². The standard InChI is InChI=1S/C16H24Cl2N2O2/c1-16(2,3)22-15(21)20(4)10-6-9-19-11-12-7-5-8-13(17)14(12)18/h5,7-8,19H,6,9-11H2,1-4H3. The van der Waals surface area contributed by atoms with Gasteiger partial charge in [0.1, 0.15) is 5.60 Å². The van der Waals surface area contributed by atoms with Gasteiger partial charge in [0.2, 0.25) is 0 Å². The zero-order valence-corrected chi connectivity index (χ0v) is 15.1. The minimum absolute atomic E-state index is 0.301. The Kier molecular flexibility index (Phi) is 7.46. The van der Waals surface area contributed by atoms with Crippen LogP contribution in [0.25, 0.3) is 0 Å². The molecule has 6 heteroatoms. The van der Waals surface area contributed by atoms with Crippen LogP contribution in [0.15, 0.2) is 18.2 Å². The van der Waals surface area contributed by atoms with Gasteiger partial charge in [0.15, 0.2) is 0 Å². The molecule has 0 aromatic heterocycles. The van der Waals surface area contributed by atoms with Crippen molar-refractivity contribution in [2.75, 3.05) is 20.1 Å². The zero-order valence-electron chi connectivity index (χ0n) is 13.6. The van der Waals surface area contributed by atoms with Gasteiger partial charge in [-0.2, -0.15) is 0 Å². The SMILES string of the molecule is CN(CCCNCc1cccc(Cl)c1Cl)C(=O)OC(C)(C)C. The predicted octanol–water partition coefficient (Wildman–Crippen LogP) is 4.34. The Morgan fingerprint density at radius 1 is 1.32 bits per heavy atom. The summed E-state index contributed by atoms with van der Waals surface area (Å²) in [5, 5.41) is 4.44. The monoisotopic (exact) mass is 346 g/mol. The smallest absolute Gasteiger partial charge is 0.410 e. The number of carbonyl (C=O) groups excluding carboxylic acids is 1. The van der Waals surface area contributed by atoms with Gasteiger partial charge in [0, 0.05) is 20.1 Å². The van der Waals surface area contributed by atoms with Crippen molar-refractivity contribution in [3.63, 3.8) is 0 Å². The lowest BCUT2D eigenvalue weighted by atomic mass is 10.2. The molecule has 1 aromatic rings. The summed E-state index contributed by atoms with van der Waals surface area (Å²) >= 11 is 12.1. The summed E-state index contributed by atoms with van der Waals surface area (Å²) in [4.78, 5) is 13.4. The second-order valence-electron chi connectivity index (χ2n) is 6.15. The average Bonchev–Trinajstić information content (AvgIpc) is 2.40. The van der Waals surface area contributed by atoms with Crippen molar-refractivity contribution in [3.05, 3.63) is 33.8 Å². The number of halogens is 2. The number of rotatable bonds is 6. The first-order valence-corrected chi connectivity index (χ1v) is 8.04. The van der Waals surface area contributed by atoms with Crippen LogP contribution in [0.4, 0.5) is 4.79 Å². The van der Waals surface area contributed by atoms with E-state index < -0.39 is 5.60 Å². The third-order valence-electron chi connectivity index (χ3n) is 2.90. The van der Waals surface area contributed by atoms with Crippen LogP contribution < -0.4 is 5.32 Å². The highest BCUT2D eigenvalue weighted by molar-refractivity contribution is 6.42. The lowest BCUT2D eigenvalue weighted by Crippen LogP contribution is -2.35. The number of nitrogens with zero attached hydrogens (tertiary/aromatic N) is 1. The van der Waals surface area contributed by atoms with Crippen molar-refractivity contribution < 1.29 is 9.53 Å². The van der Waals surface area contributed by atoms with Crippen molar-refractivity contribution in [3.8, 4) is 0 Å². The highest BCUT2D eigenvalue weighted by Gasteiger charge is 2.18. The van der Waals surface area contributed by atoms with Crippen LogP contribution in [0.3, 0.4) is 0 Å². The molecule has 0 fully saturated rings. The van der Waals surface area contributed by atoms with Gasteiger partial charge in [-0.15, -0.1) is 0 Å². The van der Waals surface area contributed by atoms with Gasteiger partial charge in [-0.25, -0.2) is 4.79 Å². The normalized spacial score (nSPS) is 11.4. The Morgan fingerprint density at radius 2 is 2.00 bits per heavy atom. The van der Waals surface area contributed by atoms with Crippen LogP contribution in [0.1, 0.15) is 32.8 Å². The Labute approximate surface area is 142 Å². The van der Waals surface area contributed by atoms with Crippen LogP contribution in [0, 0.1) is 0 Å². The molecule has 0 radical (unpaired) electrons. The maximum Gasteiger partial charge on any atom is 0.410 e. The van der Waals surface area contributed by atoms with E-state index in [9.17, 15) is 4.79 Å². The van der Waals surface area contributed by atoms with Crippen molar-refractivity contribution in [2.24, 2.45) is 0 Å². The zero-order chi connectivity index (χ0) is 16.8. The summed E-state index contributed by atoms with van der Waals surface area (Å²) in [5.41, 5.74) is 0.502. The Balaban J connectivity index is 2.25. The predicted molar refractivity (Wildman–Crippen MR) is 91.6 cm³/mol. The minimum atomic E-state index is -0.465. The van der Waals surface area contributed by atoms with E-state index in [1.807, 2.05) is 32.9 Å².